The molecule has 2 N–H and O–H groups in total. The molecule has 0 heterocycles. The Hall–Kier alpha value is -1.95. The molecule has 2 atom stereocenters. The minimum absolute atomic E-state index is 0.0178. The van der Waals surface area contributed by atoms with E-state index in [1.807, 2.05) is 6.07 Å². The first kappa shape index (κ1) is 17.4. The highest BCUT2D eigenvalue weighted by Gasteiger charge is 2.23. The fraction of sp³-hybridized carbons (Fsp3) is 0.235. The van der Waals surface area contributed by atoms with Gasteiger partial charge in [0.1, 0.15) is 5.82 Å². The predicted molar refractivity (Wildman–Crippen MR) is 85.6 cm³/mol. The van der Waals surface area contributed by atoms with Crippen LogP contribution in [0.25, 0.3) is 0 Å². The van der Waals surface area contributed by atoms with Gasteiger partial charge in [-0.2, -0.15) is 0 Å². The van der Waals surface area contributed by atoms with Gasteiger partial charge in [-0.1, -0.05) is 48.0 Å². The molecule has 122 valence electrons. The van der Waals surface area contributed by atoms with Gasteiger partial charge in [0.25, 0.3) is 5.91 Å². The molecule has 0 saturated heterocycles. The van der Waals surface area contributed by atoms with Crippen LogP contribution in [0.3, 0.4) is 0 Å². The molecule has 0 saturated carbocycles. The van der Waals surface area contributed by atoms with Crippen molar-refractivity contribution >= 4 is 17.5 Å². The van der Waals surface area contributed by atoms with Crippen molar-refractivity contribution in [1.29, 1.82) is 0 Å². The van der Waals surface area contributed by atoms with Gasteiger partial charge < -0.3 is 15.2 Å². The van der Waals surface area contributed by atoms with E-state index in [-0.39, 0.29) is 11.6 Å². The second-order valence-electron chi connectivity index (χ2n) is 4.94. The van der Waals surface area contributed by atoms with Crippen molar-refractivity contribution < 1.29 is 19.0 Å². The molecule has 0 bridgehead atoms. The molecule has 2 aromatic carbocycles. The molecule has 2 aromatic rings. The van der Waals surface area contributed by atoms with Crippen molar-refractivity contribution in [3.63, 3.8) is 0 Å². The lowest BCUT2D eigenvalue weighted by Gasteiger charge is -2.21. The first-order chi connectivity index (χ1) is 11.1. The lowest BCUT2D eigenvalue weighted by Crippen LogP contribution is -2.35. The van der Waals surface area contributed by atoms with Gasteiger partial charge in [0, 0.05) is 7.11 Å². The summed E-state index contributed by atoms with van der Waals surface area (Å²) in [5, 5.41) is 12.1. The van der Waals surface area contributed by atoms with E-state index < -0.39 is 23.9 Å². The summed E-state index contributed by atoms with van der Waals surface area (Å²) >= 11 is 5.64. The zero-order valence-electron chi connectivity index (χ0n) is 12.5. The summed E-state index contributed by atoms with van der Waals surface area (Å²) in [6.07, 6.45) is -0.817. The second-order valence-corrected chi connectivity index (χ2v) is 5.35. The van der Waals surface area contributed by atoms with Crippen LogP contribution in [0, 0.1) is 5.82 Å². The molecule has 1 amide bonds. The Morgan fingerprint density at radius 3 is 2.52 bits per heavy atom. The van der Waals surface area contributed by atoms with Crippen LogP contribution >= 0.6 is 11.6 Å². The van der Waals surface area contributed by atoms with E-state index >= 15 is 0 Å². The number of aliphatic hydroxyl groups excluding tert-OH is 1. The monoisotopic (exact) mass is 337 g/mol. The number of ether oxygens (including phenoxy) is 1. The largest absolute Gasteiger partial charge is 0.394 e. The molecule has 6 heteroatoms. The molecule has 23 heavy (non-hydrogen) atoms. The Balaban J connectivity index is 2.17. The minimum atomic E-state index is -0.817. The molecular formula is C17H17ClFNO3. The summed E-state index contributed by atoms with van der Waals surface area (Å²) in [6.45, 7) is -0.377. The summed E-state index contributed by atoms with van der Waals surface area (Å²) < 4.78 is 18.8. The molecule has 0 aliphatic heterocycles. The van der Waals surface area contributed by atoms with Gasteiger partial charge in [-0.05, 0) is 23.3 Å². The summed E-state index contributed by atoms with van der Waals surface area (Å²) in [5.41, 5.74) is 1.11. The van der Waals surface area contributed by atoms with Crippen LogP contribution < -0.4 is 5.32 Å². The maximum Gasteiger partial charge on any atom is 0.254 e. The number of aliphatic hydroxyl groups is 1. The van der Waals surface area contributed by atoms with Gasteiger partial charge in [0.15, 0.2) is 6.10 Å². The van der Waals surface area contributed by atoms with Gasteiger partial charge in [-0.15, -0.1) is 0 Å². The summed E-state index contributed by atoms with van der Waals surface area (Å²) in [7, 11) is 1.42. The number of halogens is 2. The zero-order valence-corrected chi connectivity index (χ0v) is 13.3. The van der Waals surface area contributed by atoms with E-state index in [0.29, 0.717) is 11.1 Å². The molecule has 0 unspecified atom stereocenters. The van der Waals surface area contributed by atoms with Crippen molar-refractivity contribution in [3.8, 4) is 0 Å². The van der Waals surface area contributed by atoms with Crippen molar-refractivity contribution in [2.45, 2.75) is 12.1 Å². The quantitative estimate of drug-likeness (QED) is 0.852. The third-order valence-electron chi connectivity index (χ3n) is 3.42. The van der Waals surface area contributed by atoms with Crippen molar-refractivity contribution in [2.24, 2.45) is 0 Å². The van der Waals surface area contributed by atoms with Crippen LogP contribution in [0.4, 0.5) is 4.39 Å². The fourth-order valence-corrected chi connectivity index (χ4v) is 2.35. The number of hydrogen-bond acceptors (Lipinski definition) is 3. The van der Waals surface area contributed by atoms with Gasteiger partial charge in [-0.25, -0.2) is 4.39 Å². The average molecular weight is 338 g/mol. The topological polar surface area (TPSA) is 58.6 Å². The Bertz CT molecular complexity index is 666. The standard InChI is InChI=1S/C17H17ClFNO3/c1-23-16(11-5-3-2-4-6-11)17(22)20-15(10-21)12-7-8-13(18)14(19)9-12/h2-9,15-16,21H,10H2,1H3,(H,20,22)/t15-,16+/m0/s1. The van der Waals surface area contributed by atoms with Gasteiger partial charge in [0.05, 0.1) is 17.7 Å². The van der Waals surface area contributed by atoms with Gasteiger partial charge in [-0.3, -0.25) is 4.79 Å². The molecule has 0 spiro atoms. The number of carbonyl (C=O) groups excluding carboxylic acids is 1. The fourth-order valence-electron chi connectivity index (χ4n) is 2.23. The number of nitrogens with one attached hydrogen (secondary N) is 1. The van der Waals surface area contributed by atoms with Crippen molar-refractivity contribution in [2.75, 3.05) is 13.7 Å². The third-order valence-corrected chi connectivity index (χ3v) is 3.73. The maximum atomic E-state index is 13.6. The van der Waals surface area contributed by atoms with E-state index in [1.54, 1.807) is 30.3 Å². The molecule has 0 fully saturated rings. The lowest BCUT2D eigenvalue weighted by molar-refractivity contribution is -0.132. The van der Waals surface area contributed by atoms with Crippen LogP contribution in [0.2, 0.25) is 5.02 Å². The highest BCUT2D eigenvalue weighted by Crippen LogP contribution is 2.22. The van der Waals surface area contributed by atoms with E-state index in [4.69, 9.17) is 16.3 Å². The Morgan fingerprint density at radius 2 is 1.96 bits per heavy atom. The van der Waals surface area contributed by atoms with Crippen LogP contribution in [-0.4, -0.2) is 24.7 Å². The van der Waals surface area contributed by atoms with E-state index in [0.717, 1.165) is 0 Å². The highest BCUT2D eigenvalue weighted by molar-refractivity contribution is 6.30. The van der Waals surface area contributed by atoms with E-state index in [1.165, 1.54) is 19.2 Å². The molecule has 0 aliphatic rings. The number of carbonyl (C=O) groups is 1. The molecular weight excluding hydrogens is 321 g/mol. The van der Waals surface area contributed by atoms with Gasteiger partial charge in [0.2, 0.25) is 0 Å². The van der Waals surface area contributed by atoms with Crippen molar-refractivity contribution in [1.82, 2.24) is 5.32 Å². The van der Waals surface area contributed by atoms with E-state index in [9.17, 15) is 14.3 Å². The number of benzene rings is 2. The number of hydrogen-bond donors (Lipinski definition) is 2. The first-order valence-corrected chi connectivity index (χ1v) is 7.38. The van der Waals surface area contributed by atoms with Crippen LogP contribution in [0.1, 0.15) is 23.3 Å². The van der Waals surface area contributed by atoms with E-state index in [2.05, 4.69) is 5.32 Å². The molecule has 0 aliphatic carbocycles. The smallest absolute Gasteiger partial charge is 0.254 e. The molecule has 4 nitrogen and oxygen atoms in total. The maximum absolute atomic E-state index is 13.6. The minimum Gasteiger partial charge on any atom is -0.394 e. The molecule has 0 radical (unpaired) electrons. The Labute approximate surface area is 138 Å². The third kappa shape index (κ3) is 4.28. The van der Waals surface area contributed by atoms with Crippen LogP contribution in [0.15, 0.2) is 48.5 Å². The number of methoxy groups -OCH3 is 1. The zero-order chi connectivity index (χ0) is 16.8. The molecule has 0 aromatic heterocycles. The molecule has 2 rings (SSSR count). The Kier molecular flexibility index (Phi) is 6.10. The van der Waals surface area contributed by atoms with Crippen LogP contribution in [0.5, 0.6) is 0 Å². The number of rotatable bonds is 6. The van der Waals surface area contributed by atoms with Crippen molar-refractivity contribution in [3.05, 3.63) is 70.5 Å². The normalized spacial score (nSPS) is 13.4. The summed E-state index contributed by atoms with van der Waals surface area (Å²) in [6, 6.07) is 12.3. The highest BCUT2D eigenvalue weighted by atomic mass is 35.5. The predicted octanol–water partition coefficient (Wildman–Crippen LogP) is 3.02. The number of amides is 1. The SMILES string of the molecule is CO[C@@H](C(=O)N[C@@H](CO)c1ccc(Cl)c(F)c1)c1ccccc1. The summed E-state index contributed by atoms with van der Waals surface area (Å²) in [4.78, 5) is 12.4. The lowest BCUT2D eigenvalue weighted by atomic mass is 10.1. The Morgan fingerprint density at radius 1 is 1.26 bits per heavy atom. The van der Waals surface area contributed by atoms with Crippen LogP contribution in [-0.2, 0) is 9.53 Å². The van der Waals surface area contributed by atoms with Gasteiger partial charge >= 0.3 is 0 Å². The second kappa shape index (κ2) is 8.06. The summed E-state index contributed by atoms with van der Waals surface area (Å²) in [5.74, 6) is -1.03. The average Bonchev–Trinajstić information content (AvgIpc) is 2.57. The first-order valence-electron chi connectivity index (χ1n) is 7.00.